The zero-order chi connectivity index (χ0) is 2.00. The average Bonchev–Trinajstić information content (AvgIpc) is 1.00. The third kappa shape index (κ3) is 8.85. The van der Waals surface area contributed by atoms with Gasteiger partial charge in [0.05, 0.1) is 0 Å². The van der Waals surface area contributed by atoms with Crippen molar-refractivity contribution in [2.75, 3.05) is 0 Å². The Hall–Kier alpha value is 2.85. The van der Waals surface area contributed by atoms with Crippen molar-refractivity contribution in [3.8, 4) is 0 Å². The summed E-state index contributed by atoms with van der Waals surface area (Å²) in [5, 5.41) is 0. The molecule has 0 nitrogen and oxygen atoms in total. The van der Waals surface area contributed by atoms with E-state index in [4.69, 9.17) is 0 Å². The Labute approximate surface area is 83.6 Å². The first kappa shape index (κ1) is 15.8. The summed E-state index contributed by atoms with van der Waals surface area (Å²) in [6.07, 6.45) is 0. The molecular weight excluding hydrogens is 218 g/mol. The van der Waals surface area contributed by atoms with Gasteiger partial charge in [0.2, 0.25) is 0 Å². The van der Waals surface area contributed by atoms with Crippen molar-refractivity contribution < 1.29 is 40.4 Å². The molecule has 0 N–H and O–H groups in total. The van der Waals surface area contributed by atoms with Crippen LogP contribution in [-0.2, 0) is 40.4 Å². The van der Waals surface area contributed by atoms with Crippen LogP contribution < -0.4 is 0 Å². The molecule has 0 spiro atoms. The van der Waals surface area contributed by atoms with E-state index in [2.05, 4.69) is 0 Å². The van der Waals surface area contributed by atoms with E-state index >= 15 is 0 Å². The Bertz CT molecular complexity index is 8.00. The summed E-state index contributed by atoms with van der Waals surface area (Å²) in [5.74, 6) is 0. The van der Waals surface area contributed by atoms with Gasteiger partial charge in [-0.15, -0.1) is 0 Å². The average molecular weight is 223 g/mol. The Morgan fingerprint density at radius 3 is 1.25 bits per heavy atom. The molecule has 0 unspecified atom stereocenters. The minimum absolute atomic E-state index is 0. The molecule has 0 radical (unpaired) electrons. The minimum atomic E-state index is 0. The summed E-state index contributed by atoms with van der Waals surface area (Å²) in [7, 11) is 1.40. The quantitative estimate of drug-likeness (QED) is 0.412. The number of hydrogen-bond acceptors (Lipinski definition) is 0. The topological polar surface area (TPSA) is 0 Å². The molecule has 4 heteroatoms. The zero-order valence-corrected chi connectivity index (χ0v) is 7.26. The first-order valence-corrected chi connectivity index (χ1v) is 8.87. The van der Waals surface area contributed by atoms with Crippen molar-refractivity contribution in [2.24, 2.45) is 0 Å². The van der Waals surface area contributed by atoms with Crippen molar-refractivity contribution in [3.63, 3.8) is 0 Å². The van der Waals surface area contributed by atoms with Gasteiger partial charge in [0.25, 0.3) is 0 Å². The van der Waals surface area contributed by atoms with Crippen molar-refractivity contribution in [3.05, 3.63) is 0 Å². The third-order valence-electron chi connectivity index (χ3n) is 0. The van der Waals surface area contributed by atoms with E-state index in [-0.39, 0.29) is 54.2 Å². The van der Waals surface area contributed by atoms with Gasteiger partial charge in [-0.05, 0) is 0 Å². The fourth-order valence-corrected chi connectivity index (χ4v) is 0. The Morgan fingerprint density at radius 1 is 1.25 bits per heavy atom. The van der Waals surface area contributed by atoms with Crippen LogP contribution in [0.5, 0.6) is 0 Å². The molecule has 0 atom stereocenters. The molecule has 0 aliphatic heterocycles. The molecule has 0 amide bonds. The predicted molar refractivity (Wildman–Crippen MR) is 18.5 cm³/mol. The maximum absolute atomic E-state index is 1.69. The first-order chi connectivity index (χ1) is 1.00. The summed E-state index contributed by atoms with van der Waals surface area (Å²) in [6.45, 7) is 0. The molecule has 0 aliphatic rings. The van der Waals surface area contributed by atoms with E-state index in [0.717, 1.165) is 0 Å². The van der Waals surface area contributed by atoms with Crippen molar-refractivity contribution in [1.29, 1.82) is 0 Å². The second kappa shape index (κ2) is 16.9. The van der Waals surface area contributed by atoms with Crippen LogP contribution in [0.1, 0.15) is 0 Å². The molecule has 0 heterocycles. The number of rotatable bonds is 0. The summed E-state index contributed by atoms with van der Waals surface area (Å²) in [5.41, 5.74) is 0. The Morgan fingerprint density at radius 2 is 1.25 bits per heavy atom. The third-order valence-corrected chi connectivity index (χ3v) is 0. The molecule has 0 bridgehead atoms. The molecule has 0 fully saturated rings. The molecule has 0 aliphatic carbocycles. The van der Waals surface area contributed by atoms with Gasteiger partial charge < -0.3 is 0 Å². The molecule has 0 aromatic rings. The van der Waals surface area contributed by atoms with Crippen LogP contribution in [0.3, 0.4) is 0 Å². The standard InChI is InChI=1S/Ca.Ni.H3Si.Zr.2H/h;;1H3;;;. The first-order valence-electron chi connectivity index (χ1n) is 0.500. The summed E-state index contributed by atoms with van der Waals surface area (Å²) < 4.78 is 0. The monoisotopic (exact) mass is 221 g/mol. The molecular formula is H5CaNiSiZr. The van der Waals surface area contributed by atoms with Crippen LogP contribution in [0.15, 0.2) is 0 Å². The van der Waals surface area contributed by atoms with Crippen LogP contribution in [0.2, 0.25) is 0 Å². The second-order valence-electron chi connectivity index (χ2n) is 0. The van der Waals surface area contributed by atoms with Gasteiger partial charge in [0, 0.05) is 16.5 Å². The van der Waals surface area contributed by atoms with Gasteiger partial charge in [-0.1, -0.05) is 0 Å². The fourth-order valence-electron chi connectivity index (χ4n) is 0. The van der Waals surface area contributed by atoms with Gasteiger partial charge in [-0.2, -0.15) is 0 Å². The molecule has 0 aromatic carbocycles. The molecule has 0 saturated heterocycles. The second-order valence-corrected chi connectivity index (χ2v) is 0. The fraction of sp³-hybridized carbons (Fsp3) is 0. The van der Waals surface area contributed by atoms with Crippen LogP contribution in [-0.4, -0.2) is 45.1 Å². The summed E-state index contributed by atoms with van der Waals surface area (Å²) >= 11 is 1.69. The van der Waals surface area contributed by atoms with E-state index in [1.165, 1.54) is 7.37 Å². The molecule has 0 aromatic heterocycles. The van der Waals surface area contributed by atoms with Crippen LogP contribution in [0, 0.1) is 0 Å². The van der Waals surface area contributed by atoms with Crippen LogP contribution >= 0.6 is 0 Å². The molecule has 0 rings (SSSR count). The SMILES string of the molecule is [CaH2].[Ni].[SiH3][Zr]. The summed E-state index contributed by atoms with van der Waals surface area (Å²) in [4.78, 5) is 0. The van der Waals surface area contributed by atoms with E-state index in [0.29, 0.717) is 0 Å². The van der Waals surface area contributed by atoms with Gasteiger partial charge in [-0.25, -0.2) is 0 Å². The van der Waals surface area contributed by atoms with Gasteiger partial charge in [0.1, 0.15) is 0 Å². The molecule has 4 heavy (non-hydrogen) atoms. The van der Waals surface area contributed by atoms with Crippen LogP contribution in [0.4, 0.5) is 0 Å². The number of hydrogen-bond donors (Lipinski definition) is 0. The summed E-state index contributed by atoms with van der Waals surface area (Å²) in [6, 6.07) is 0. The molecule has 0 saturated carbocycles. The van der Waals surface area contributed by atoms with Crippen molar-refractivity contribution in [1.82, 2.24) is 0 Å². The Kier molecular flexibility index (Phi) is 67.0. The van der Waals surface area contributed by atoms with Gasteiger partial charge in [0.15, 0.2) is 0 Å². The van der Waals surface area contributed by atoms with Crippen molar-refractivity contribution >= 4 is 45.1 Å². The maximum atomic E-state index is 1.69. The van der Waals surface area contributed by atoms with Crippen LogP contribution in [0.25, 0.3) is 0 Å². The normalized spacial score (nSPS) is 1.75. The van der Waals surface area contributed by atoms with E-state index in [1.54, 1.807) is 23.9 Å². The van der Waals surface area contributed by atoms with Gasteiger partial charge >= 0.3 is 69.0 Å². The van der Waals surface area contributed by atoms with E-state index < -0.39 is 0 Å². The predicted octanol–water partition coefficient (Wildman–Crippen LogP) is -2.11. The van der Waals surface area contributed by atoms with Gasteiger partial charge in [-0.3, -0.25) is 0 Å². The zero-order valence-electron chi connectivity index (χ0n) is 1.82. The van der Waals surface area contributed by atoms with E-state index in [9.17, 15) is 0 Å². The van der Waals surface area contributed by atoms with E-state index in [1.807, 2.05) is 0 Å². The molecule has 25 valence electrons. The van der Waals surface area contributed by atoms with Crippen molar-refractivity contribution in [2.45, 2.75) is 0 Å². The Balaban J connectivity index is -0.00000000500.